The van der Waals surface area contributed by atoms with E-state index in [-0.39, 0.29) is 12.4 Å². The highest BCUT2D eigenvalue weighted by Gasteiger charge is 2.50. The highest BCUT2D eigenvalue weighted by atomic mass is 35.5. The summed E-state index contributed by atoms with van der Waals surface area (Å²) in [6.45, 7) is 10.4. The Balaban J connectivity index is 5.22. The summed E-state index contributed by atoms with van der Waals surface area (Å²) in [5, 5.41) is 9.23. The van der Waals surface area contributed by atoms with Gasteiger partial charge in [0, 0.05) is 12.0 Å². The SMILES string of the molecule is C=CC(C)(C)C(O)(OCC)C(Cl)C(C)=O. The lowest BCUT2D eigenvalue weighted by Crippen LogP contribution is -2.55. The minimum Gasteiger partial charge on any atom is -0.363 e. The maximum Gasteiger partial charge on any atom is 0.197 e. The zero-order valence-electron chi connectivity index (χ0n) is 9.71. The van der Waals surface area contributed by atoms with E-state index >= 15 is 0 Å². The van der Waals surface area contributed by atoms with Crippen molar-refractivity contribution < 1.29 is 14.6 Å². The smallest absolute Gasteiger partial charge is 0.197 e. The molecule has 3 nitrogen and oxygen atoms in total. The monoisotopic (exact) mass is 234 g/mol. The van der Waals surface area contributed by atoms with E-state index in [9.17, 15) is 9.90 Å². The van der Waals surface area contributed by atoms with Crippen LogP contribution >= 0.6 is 11.6 Å². The van der Waals surface area contributed by atoms with Gasteiger partial charge >= 0.3 is 0 Å². The second-order valence-corrected chi connectivity index (χ2v) is 4.46. The Bertz CT molecular complexity index is 250. The van der Waals surface area contributed by atoms with Gasteiger partial charge in [0.25, 0.3) is 0 Å². The molecule has 0 heterocycles. The normalized spacial score (nSPS) is 18.0. The molecule has 0 fully saturated rings. The van der Waals surface area contributed by atoms with Crippen LogP contribution in [0.2, 0.25) is 0 Å². The van der Waals surface area contributed by atoms with Crippen molar-refractivity contribution in [2.45, 2.75) is 38.9 Å². The van der Waals surface area contributed by atoms with Crippen molar-refractivity contribution in [2.75, 3.05) is 6.61 Å². The summed E-state index contributed by atoms with van der Waals surface area (Å²) in [5.74, 6) is -2.06. The molecule has 0 spiro atoms. The molecule has 88 valence electrons. The predicted octanol–water partition coefficient (Wildman–Crippen LogP) is 2.12. The molecule has 0 aromatic carbocycles. The number of Topliss-reactive ketones (excluding diaryl/α,β-unsaturated/α-hetero) is 1. The summed E-state index contributed by atoms with van der Waals surface area (Å²) in [6, 6.07) is 0. The van der Waals surface area contributed by atoms with E-state index in [4.69, 9.17) is 16.3 Å². The molecule has 1 N–H and O–H groups in total. The fourth-order valence-electron chi connectivity index (χ4n) is 1.23. The highest BCUT2D eigenvalue weighted by molar-refractivity contribution is 6.31. The van der Waals surface area contributed by atoms with Crippen LogP contribution in [-0.2, 0) is 9.53 Å². The van der Waals surface area contributed by atoms with Gasteiger partial charge < -0.3 is 9.84 Å². The first-order chi connectivity index (χ1) is 6.73. The lowest BCUT2D eigenvalue weighted by atomic mass is 9.80. The Morgan fingerprint density at radius 2 is 2.13 bits per heavy atom. The number of ether oxygens (including phenoxy) is 1. The second kappa shape index (κ2) is 5.10. The fourth-order valence-corrected chi connectivity index (χ4v) is 1.57. The molecular weight excluding hydrogens is 216 g/mol. The van der Waals surface area contributed by atoms with Crippen LogP contribution in [-0.4, -0.2) is 28.7 Å². The van der Waals surface area contributed by atoms with Gasteiger partial charge in [-0.15, -0.1) is 18.2 Å². The van der Waals surface area contributed by atoms with Gasteiger partial charge in [-0.25, -0.2) is 0 Å². The molecule has 4 heteroatoms. The Labute approximate surface area is 96.1 Å². The van der Waals surface area contributed by atoms with E-state index < -0.39 is 16.6 Å². The molecule has 2 unspecified atom stereocenters. The summed E-state index contributed by atoms with van der Waals surface area (Å²) in [7, 11) is 0. The van der Waals surface area contributed by atoms with Crippen LogP contribution in [0, 0.1) is 5.41 Å². The van der Waals surface area contributed by atoms with Gasteiger partial charge in [-0.05, 0) is 13.8 Å². The number of aliphatic hydroxyl groups is 1. The standard InChI is InChI=1S/C11H19ClO3/c1-6-10(4,5)11(14,15-7-2)9(12)8(3)13/h6,9,14H,1,7H2,2-5H3. The lowest BCUT2D eigenvalue weighted by molar-refractivity contribution is -0.247. The van der Waals surface area contributed by atoms with Crippen LogP contribution in [0.5, 0.6) is 0 Å². The van der Waals surface area contributed by atoms with Crippen LogP contribution < -0.4 is 0 Å². The summed E-state index contributed by atoms with van der Waals surface area (Å²) in [5.41, 5.74) is -0.804. The third-order valence-electron chi connectivity index (χ3n) is 2.50. The van der Waals surface area contributed by atoms with Crippen LogP contribution in [0.25, 0.3) is 0 Å². The van der Waals surface area contributed by atoms with Gasteiger partial charge in [-0.2, -0.15) is 0 Å². The highest BCUT2D eigenvalue weighted by Crippen LogP contribution is 2.38. The van der Waals surface area contributed by atoms with E-state index in [0.29, 0.717) is 0 Å². The van der Waals surface area contributed by atoms with Crippen LogP contribution in [0.4, 0.5) is 0 Å². The van der Waals surface area contributed by atoms with E-state index in [1.807, 2.05) is 0 Å². The molecule has 0 aliphatic heterocycles. The van der Waals surface area contributed by atoms with Gasteiger partial charge in [0.1, 0.15) is 5.38 Å². The van der Waals surface area contributed by atoms with Gasteiger partial charge in [-0.1, -0.05) is 19.9 Å². The topological polar surface area (TPSA) is 46.5 Å². The van der Waals surface area contributed by atoms with E-state index in [2.05, 4.69) is 6.58 Å². The summed E-state index contributed by atoms with van der Waals surface area (Å²) in [6.07, 6.45) is 1.53. The largest absolute Gasteiger partial charge is 0.363 e. The van der Waals surface area contributed by atoms with E-state index in [1.165, 1.54) is 13.0 Å². The number of carbonyl (C=O) groups is 1. The molecule has 0 bridgehead atoms. The Hall–Kier alpha value is -0.380. The number of hydrogen-bond donors (Lipinski definition) is 1. The number of carbonyl (C=O) groups excluding carboxylic acids is 1. The molecule has 0 radical (unpaired) electrons. The van der Waals surface area contributed by atoms with Gasteiger partial charge in [-0.3, -0.25) is 4.79 Å². The van der Waals surface area contributed by atoms with Crippen LogP contribution in [0.15, 0.2) is 12.7 Å². The summed E-state index contributed by atoms with van der Waals surface area (Å²) >= 11 is 5.89. The minimum absolute atomic E-state index is 0.268. The van der Waals surface area contributed by atoms with Gasteiger partial charge in [0.15, 0.2) is 11.6 Å². The summed E-state index contributed by atoms with van der Waals surface area (Å²) in [4.78, 5) is 11.2. The molecule has 0 saturated heterocycles. The Kier molecular flexibility index (Phi) is 4.97. The quantitative estimate of drug-likeness (QED) is 0.435. The van der Waals surface area contributed by atoms with Crippen LogP contribution in [0.3, 0.4) is 0 Å². The van der Waals surface area contributed by atoms with Crippen molar-refractivity contribution in [3.8, 4) is 0 Å². The average Bonchev–Trinajstić information content (AvgIpc) is 2.16. The Morgan fingerprint density at radius 1 is 1.67 bits per heavy atom. The van der Waals surface area contributed by atoms with E-state index in [0.717, 1.165) is 0 Å². The number of alkyl halides is 1. The number of rotatable bonds is 6. The molecule has 0 aliphatic rings. The van der Waals surface area contributed by atoms with Crippen LogP contribution in [0.1, 0.15) is 27.7 Å². The first kappa shape index (κ1) is 14.6. The Morgan fingerprint density at radius 3 is 2.40 bits per heavy atom. The van der Waals surface area contributed by atoms with Crippen molar-refractivity contribution in [1.82, 2.24) is 0 Å². The summed E-state index contributed by atoms with van der Waals surface area (Å²) < 4.78 is 5.24. The average molecular weight is 235 g/mol. The van der Waals surface area contributed by atoms with Crippen molar-refractivity contribution in [3.63, 3.8) is 0 Å². The zero-order valence-corrected chi connectivity index (χ0v) is 10.5. The third-order valence-corrected chi connectivity index (χ3v) is 3.10. The molecule has 2 atom stereocenters. The van der Waals surface area contributed by atoms with Gasteiger partial charge in [0.2, 0.25) is 0 Å². The molecule has 0 rings (SSSR count). The number of halogens is 1. The first-order valence-electron chi connectivity index (χ1n) is 4.87. The van der Waals surface area contributed by atoms with Crippen molar-refractivity contribution in [2.24, 2.45) is 5.41 Å². The van der Waals surface area contributed by atoms with Gasteiger partial charge in [0.05, 0.1) is 0 Å². The molecular formula is C11H19ClO3. The first-order valence-corrected chi connectivity index (χ1v) is 5.31. The van der Waals surface area contributed by atoms with Crippen molar-refractivity contribution in [1.29, 1.82) is 0 Å². The zero-order chi connectivity index (χ0) is 12.3. The lowest BCUT2D eigenvalue weighted by Gasteiger charge is -2.42. The molecule has 0 aromatic heterocycles. The number of hydrogen-bond acceptors (Lipinski definition) is 3. The molecule has 0 saturated carbocycles. The fraction of sp³-hybridized carbons (Fsp3) is 0.727. The van der Waals surface area contributed by atoms with Crippen molar-refractivity contribution in [3.05, 3.63) is 12.7 Å². The maximum atomic E-state index is 11.2. The second-order valence-electron chi connectivity index (χ2n) is 4.03. The minimum atomic E-state index is -1.73. The molecule has 15 heavy (non-hydrogen) atoms. The molecule has 0 amide bonds. The van der Waals surface area contributed by atoms with Crippen molar-refractivity contribution >= 4 is 17.4 Å². The van der Waals surface area contributed by atoms with E-state index in [1.54, 1.807) is 20.8 Å². The maximum absolute atomic E-state index is 11.2. The number of ketones is 1. The predicted molar refractivity (Wildman–Crippen MR) is 60.9 cm³/mol. The molecule has 0 aromatic rings. The molecule has 0 aliphatic carbocycles. The third kappa shape index (κ3) is 2.80.